The Labute approximate surface area is 94.2 Å². The molecular formula is C12H26N2O. The summed E-state index contributed by atoms with van der Waals surface area (Å²) in [6.45, 7) is 6.35. The first-order valence-corrected chi connectivity index (χ1v) is 6.13. The van der Waals surface area contributed by atoms with Crippen molar-refractivity contribution in [3.05, 3.63) is 0 Å². The molecule has 3 nitrogen and oxygen atoms in total. The van der Waals surface area contributed by atoms with Crippen LogP contribution in [0.5, 0.6) is 0 Å². The lowest BCUT2D eigenvalue weighted by Crippen LogP contribution is -2.40. The highest BCUT2D eigenvalue weighted by Gasteiger charge is 2.28. The molecule has 3 heteroatoms. The van der Waals surface area contributed by atoms with Gasteiger partial charge in [0.05, 0.1) is 6.61 Å². The Balaban J connectivity index is 2.32. The molecule has 0 aliphatic heterocycles. The van der Waals surface area contributed by atoms with Gasteiger partial charge in [-0.3, -0.25) is 4.90 Å². The minimum Gasteiger partial charge on any atom is -0.383 e. The molecule has 1 N–H and O–H groups in total. The van der Waals surface area contributed by atoms with Crippen molar-refractivity contribution < 1.29 is 4.74 Å². The van der Waals surface area contributed by atoms with Crippen LogP contribution in [0.15, 0.2) is 0 Å². The van der Waals surface area contributed by atoms with Crippen LogP contribution < -0.4 is 5.32 Å². The summed E-state index contributed by atoms with van der Waals surface area (Å²) in [5.41, 5.74) is 0. The second kappa shape index (κ2) is 6.46. The van der Waals surface area contributed by atoms with Gasteiger partial charge in [0.15, 0.2) is 0 Å². The van der Waals surface area contributed by atoms with E-state index < -0.39 is 0 Å². The summed E-state index contributed by atoms with van der Waals surface area (Å²) in [5.74, 6) is 0. The van der Waals surface area contributed by atoms with Crippen molar-refractivity contribution >= 4 is 0 Å². The summed E-state index contributed by atoms with van der Waals surface area (Å²) in [7, 11) is 4.00. The van der Waals surface area contributed by atoms with Crippen LogP contribution in [-0.2, 0) is 4.74 Å². The van der Waals surface area contributed by atoms with Crippen molar-refractivity contribution in [2.75, 3.05) is 27.3 Å². The van der Waals surface area contributed by atoms with Gasteiger partial charge in [-0.1, -0.05) is 6.92 Å². The van der Waals surface area contributed by atoms with Crippen LogP contribution in [0, 0.1) is 0 Å². The van der Waals surface area contributed by atoms with Crippen LogP contribution in [0.25, 0.3) is 0 Å². The Morgan fingerprint density at radius 2 is 2.20 bits per heavy atom. The van der Waals surface area contributed by atoms with E-state index in [-0.39, 0.29) is 0 Å². The monoisotopic (exact) mass is 214 g/mol. The average molecular weight is 214 g/mol. The van der Waals surface area contributed by atoms with Gasteiger partial charge in [-0.25, -0.2) is 0 Å². The molecule has 1 aliphatic carbocycles. The van der Waals surface area contributed by atoms with E-state index in [2.05, 4.69) is 31.1 Å². The summed E-state index contributed by atoms with van der Waals surface area (Å²) < 4.78 is 5.20. The smallest absolute Gasteiger partial charge is 0.0615 e. The molecule has 1 saturated carbocycles. The minimum absolute atomic E-state index is 0.528. The van der Waals surface area contributed by atoms with Crippen molar-refractivity contribution in [1.29, 1.82) is 0 Å². The first-order valence-electron chi connectivity index (χ1n) is 6.13. The number of ether oxygens (including phenoxy) is 1. The molecule has 1 aliphatic rings. The average Bonchev–Trinajstić information content (AvgIpc) is 2.66. The molecule has 1 fully saturated rings. The van der Waals surface area contributed by atoms with Crippen LogP contribution in [-0.4, -0.2) is 50.3 Å². The number of nitrogens with zero attached hydrogens (tertiary/aromatic N) is 1. The fourth-order valence-electron chi connectivity index (χ4n) is 2.52. The number of nitrogens with one attached hydrogen (secondary N) is 1. The summed E-state index contributed by atoms with van der Waals surface area (Å²) in [6.07, 6.45) is 3.93. The van der Waals surface area contributed by atoms with E-state index in [1.165, 1.54) is 19.3 Å². The summed E-state index contributed by atoms with van der Waals surface area (Å²) >= 11 is 0. The van der Waals surface area contributed by atoms with Gasteiger partial charge in [-0.2, -0.15) is 0 Å². The Morgan fingerprint density at radius 1 is 1.47 bits per heavy atom. The largest absolute Gasteiger partial charge is 0.383 e. The van der Waals surface area contributed by atoms with E-state index in [0.717, 1.165) is 25.2 Å². The van der Waals surface area contributed by atoms with E-state index in [9.17, 15) is 0 Å². The Bertz CT molecular complexity index is 175. The molecule has 3 atom stereocenters. The third kappa shape index (κ3) is 3.74. The zero-order valence-electron chi connectivity index (χ0n) is 10.6. The van der Waals surface area contributed by atoms with Crippen molar-refractivity contribution in [1.82, 2.24) is 10.2 Å². The zero-order chi connectivity index (χ0) is 11.3. The molecule has 3 unspecified atom stereocenters. The van der Waals surface area contributed by atoms with Gasteiger partial charge in [-0.15, -0.1) is 0 Å². The Kier molecular flexibility index (Phi) is 5.58. The molecule has 0 heterocycles. The third-order valence-electron chi connectivity index (χ3n) is 3.58. The molecule has 0 aromatic rings. The van der Waals surface area contributed by atoms with Gasteiger partial charge >= 0.3 is 0 Å². The van der Waals surface area contributed by atoms with Crippen LogP contribution in [0.3, 0.4) is 0 Å². The molecular weight excluding hydrogens is 188 g/mol. The topological polar surface area (TPSA) is 24.5 Å². The molecule has 0 radical (unpaired) electrons. The van der Waals surface area contributed by atoms with Gasteiger partial charge in [-0.05, 0) is 39.8 Å². The maximum absolute atomic E-state index is 5.20. The fraction of sp³-hybridized carbons (Fsp3) is 1.00. The second-order valence-corrected chi connectivity index (χ2v) is 4.69. The Morgan fingerprint density at radius 3 is 2.80 bits per heavy atom. The fourth-order valence-corrected chi connectivity index (χ4v) is 2.52. The summed E-state index contributed by atoms with van der Waals surface area (Å²) in [5, 5.41) is 3.54. The number of likely N-dealkylation sites (N-methyl/N-ethyl adjacent to an activating group) is 1. The Hall–Kier alpha value is -0.120. The van der Waals surface area contributed by atoms with Crippen molar-refractivity contribution in [3.8, 4) is 0 Å². The van der Waals surface area contributed by atoms with Gasteiger partial charge in [0.25, 0.3) is 0 Å². The quantitative estimate of drug-likeness (QED) is 0.725. The molecule has 1 rings (SSSR count). The molecule has 0 spiro atoms. The van der Waals surface area contributed by atoms with E-state index in [1.54, 1.807) is 7.11 Å². The van der Waals surface area contributed by atoms with Crippen LogP contribution in [0.1, 0.15) is 33.1 Å². The van der Waals surface area contributed by atoms with Gasteiger partial charge < -0.3 is 10.1 Å². The lowest BCUT2D eigenvalue weighted by Gasteiger charge is -2.30. The lowest BCUT2D eigenvalue weighted by atomic mass is 10.1. The second-order valence-electron chi connectivity index (χ2n) is 4.69. The summed E-state index contributed by atoms with van der Waals surface area (Å²) in [6, 6.07) is 2.00. The summed E-state index contributed by atoms with van der Waals surface area (Å²) in [4.78, 5) is 2.47. The normalized spacial score (nSPS) is 28.6. The van der Waals surface area contributed by atoms with E-state index >= 15 is 0 Å². The molecule has 15 heavy (non-hydrogen) atoms. The lowest BCUT2D eigenvalue weighted by molar-refractivity contribution is 0.0899. The highest BCUT2D eigenvalue weighted by Crippen LogP contribution is 2.24. The molecule has 0 saturated heterocycles. The highest BCUT2D eigenvalue weighted by molar-refractivity contribution is 4.87. The van der Waals surface area contributed by atoms with E-state index in [4.69, 9.17) is 4.74 Å². The first kappa shape index (κ1) is 12.9. The zero-order valence-corrected chi connectivity index (χ0v) is 10.6. The molecule has 0 bridgehead atoms. The number of rotatable bonds is 6. The molecule has 90 valence electrons. The number of hydrogen-bond acceptors (Lipinski definition) is 3. The molecule has 0 aromatic carbocycles. The van der Waals surface area contributed by atoms with Gasteiger partial charge in [0.2, 0.25) is 0 Å². The maximum atomic E-state index is 5.20. The molecule has 0 aromatic heterocycles. The predicted octanol–water partition coefficient (Wildman–Crippen LogP) is 1.48. The number of methoxy groups -OCH3 is 1. The maximum Gasteiger partial charge on any atom is 0.0615 e. The highest BCUT2D eigenvalue weighted by atomic mass is 16.5. The standard InChI is InChI=1S/C12H26N2O/c1-5-13-11-6-7-12(8-11)14(3)10(2)9-15-4/h10-13H,5-9H2,1-4H3. The predicted molar refractivity (Wildman–Crippen MR) is 64.2 cm³/mol. The SMILES string of the molecule is CCNC1CCC(N(C)C(C)COC)C1. The van der Waals surface area contributed by atoms with Crippen LogP contribution in [0.4, 0.5) is 0 Å². The van der Waals surface area contributed by atoms with Crippen LogP contribution >= 0.6 is 0 Å². The third-order valence-corrected chi connectivity index (χ3v) is 3.58. The van der Waals surface area contributed by atoms with E-state index in [1.807, 2.05) is 0 Å². The van der Waals surface area contributed by atoms with Crippen molar-refractivity contribution in [2.45, 2.75) is 51.2 Å². The molecule has 0 amide bonds. The van der Waals surface area contributed by atoms with Crippen molar-refractivity contribution in [3.63, 3.8) is 0 Å². The van der Waals surface area contributed by atoms with Crippen molar-refractivity contribution in [2.24, 2.45) is 0 Å². The minimum atomic E-state index is 0.528. The van der Waals surface area contributed by atoms with Gasteiger partial charge in [0, 0.05) is 25.2 Å². The van der Waals surface area contributed by atoms with Crippen LogP contribution in [0.2, 0.25) is 0 Å². The van der Waals surface area contributed by atoms with E-state index in [0.29, 0.717) is 6.04 Å². The number of hydrogen-bond donors (Lipinski definition) is 1. The first-order chi connectivity index (χ1) is 7.19. The van der Waals surface area contributed by atoms with Gasteiger partial charge in [0.1, 0.15) is 0 Å².